The highest BCUT2D eigenvalue weighted by molar-refractivity contribution is 7.08. The molecule has 2 aromatic rings. The molecule has 0 fully saturated rings. The Bertz CT molecular complexity index is 502. The highest BCUT2D eigenvalue weighted by atomic mass is 32.1. The average molecular weight is 243 g/mol. The van der Waals surface area contributed by atoms with Crippen molar-refractivity contribution in [3.05, 3.63) is 40.6 Å². The summed E-state index contributed by atoms with van der Waals surface area (Å²) < 4.78 is 37.4. The molecule has 0 unspecified atom stereocenters. The van der Waals surface area contributed by atoms with Crippen molar-refractivity contribution < 1.29 is 13.2 Å². The SMILES string of the molecule is Nc1cscc1-c1cccc(C(F)(F)F)c1. The van der Waals surface area contributed by atoms with Crippen molar-refractivity contribution >= 4 is 17.0 Å². The van der Waals surface area contributed by atoms with Crippen LogP contribution in [-0.4, -0.2) is 0 Å². The van der Waals surface area contributed by atoms with Gasteiger partial charge in [0.05, 0.1) is 11.3 Å². The monoisotopic (exact) mass is 243 g/mol. The molecule has 0 radical (unpaired) electrons. The van der Waals surface area contributed by atoms with Gasteiger partial charge < -0.3 is 5.73 Å². The molecule has 16 heavy (non-hydrogen) atoms. The lowest BCUT2D eigenvalue weighted by atomic mass is 10.0. The third-order valence-electron chi connectivity index (χ3n) is 2.19. The van der Waals surface area contributed by atoms with Crippen LogP contribution >= 0.6 is 11.3 Å². The van der Waals surface area contributed by atoms with Gasteiger partial charge in [-0.25, -0.2) is 0 Å². The average Bonchev–Trinajstić information content (AvgIpc) is 2.63. The first-order valence-electron chi connectivity index (χ1n) is 4.48. The summed E-state index contributed by atoms with van der Waals surface area (Å²) in [5.41, 5.74) is 6.65. The highest BCUT2D eigenvalue weighted by Gasteiger charge is 2.30. The molecule has 84 valence electrons. The lowest BCUT2D eigenvalue weighted by Gasteiger charge is -2.08. The zero-order valence-corrected chi connectivity index (χ0v) is 8.90. The van der Waals surface area contributed by atoms with Gasteiger partial charge in [-0.05, 0) is 17.7 Å². The van der Waals surface area contributed by atoms with Crippen LogP contribution in [0.15, 0.2) is 35.0 Å². The number of halogens is 3. The number of thiophene rings is 1. The molecule has 5 heteroatoms. The summed E-state index contributed by atoms with van der Waals surface area (Å²) in [5, 5.41) is 3.44. The molecular formula is C11H8F3NS. The van der Waals surface area contributed by atoms with Crippen LogP contribution in [0, 0.1) is 0 Å². The van der Waals surface area contributed by atoms with E-state index in [-0.39, 0.29) is 0 Å². The van der Waals surface area contributed by atoms with E-state index in [9.17, 15) is 13.2 Å². The Morgan fingerprint density at radius 2 is 1.88 bits per heavy atom. The normalized spacial score (nSPS) is 11.7. The van der Waals surface area contributed by atoms with Gasteiger partial charge >= 0.3 is 6.18 Å². The van der Waals surface area contributed by atoms with Crippen molar-refractivity contribution in [3.8, 4) is 11.1 Å². The van der Waals surface area contributed by atoms with Crippen LogP contribution in [0.2, 0.25) is 0 Å². The fourth-order valence-electron chi connectivity index (χ4n) is 1.40. The van der Waals surface area contributed by atoms with Crippen LogP contribution in [0.1, 0.15) is 5.56 Å². The van der Waals surface area contributed by atoms with Crippen molar-refractivity contribution in [2.24, 2.45) is 0 Å². The van der Waals surface area contributed by atoms with Crippen molar-refractivity contribution in [3.63, 3.8) is 0 Å². The van der Waals surface area contributed by atoms with Crippen LogP contribution < -0.4 is 5.73 Å². The van der Waals surface area contributed by atoms with E-state index in [2.05, 4.69) is 0 Å². The predicted molar refractivity (Wildman–Crippen MR) is 59.2 cm³/mol. The molecule has 0 saturated heterocycles. The van der Waals surface area contributed by atoms with E-state index in [4.69, 9.17) is 5.73 Å². The van der Waals surface area contributed by atoms with Gasteiger partial charge in [0.2, 0.25) is 0 Å². The number of anilines is 1. The van der Waals surface area contributed by atoms with Gasteiger partial charge in [0.25, 0.3) is 0 Å². The number of hydrogen-bond donors (Lipinski definition) is 1. The topological polar surface area (TPSA) is 26.0 Å². The lowest BCUT2D eigenvalue weighted by molar-refractivity contribution is -0.137. The number of nitrogen functional groups attached to an aromatic ring is 1. The zero-order valence-electron chi connectivity index (χ0n) is 8.08. The fraction of sp³-hybridized carbons (Fsp3) is 0.0909. The Morgan fingerprint density at radius 1 is 1.12 bits per heavy atom. The number of rotatable bonds is 1. The van der Waals surface area contributed by atoms with E-state index >= 15 is 0 Å². The Labute approximate surface area is 94.3 Å². The van der Waals surface area contributed by atoms with Crippen LogP contribution in [-0.2, 0) is 6.18 Å². The summed E-state index contributed by atoms with van der Waals surface area (Å²) in [4.78, 5) is 0. The molecular weight excluding hydrogens is 235 g/mol. The van der Waals surface area contributed by atoms with Gasteiger partial charge in [-0.15, -0.1) is 11.3 Å². The largest absolute Gasteiger partial charge is 0.416 e. The van der Waals surface area contributed by atoms with Crippen molar-refractivity contribution in [1.82, 2.24) is 0 Å². The minimum Gasteiger partial charge on any atom is -0.398 e. The molecule has 1 aromatic carbocycles. The van der Waals surface area contributed by atoms with Crippen molar-refractivity contribution in [2.75, 3.05) is 5.73 Å². The van der Waals surface area contributed by atoms with Crippen LogP contribution in [0.25, 0.3) is 11.1 Å². The lowest BCUT2D eigenvalue weighted by Crippen LogP contribution is -2.04. The number of benzene rings is 1. The van der Waals surface area contributed by atoms with E-state index in [1.165, 1.54) is 17.4 Å². The van der Waals surface area contributed by atoms with E-state index in [0.717, 1.165) is 12.1 Å². The first-order chi connectivity index (χ1) is 7.48. The van der Waals surface area contributed by atoms with E-state index in [1.807, 2.05) is 0 Å². The van der Waals surface area contributed by atoms with Crippen LogP contribution in [0.5, 0.6) is 0 Å². The third-order valence-corrected chi connectivity index (χ3v) is 2.95. The zero-order chi connectivity index (χ0) is 11.8. The van der Waals surface area contributed by atoms with Crippen LogP contribution in [0.4, 0.5) is 18.9 Å². The summed E-state index contributed by atoms with van der Waals surface area (Å²) in [6, 6.07) is 5.16. The molecule has 0 aliphatic heterocycles. The number of alkyl halides is 3. The third kappa shape index (κ3) is 2.04. The highest BCUT2D eigenvalue weighted by Crippen LogP contribution is 2.34. The van der Waals surface area contributed by atoms with Crippen molar-refractivity contribution in [1.29, 1.82) is 0 Å². The Hall–Kier alpha value is -1.49. The first kappa shape index (κ1) is 11.0. The Kier molecular flexibility index (Phi) is 2.63. The van der Waals surface area contributed by atoms with Gasteiger partial charge in [-0.3, -0.25) is 0 Å². The van der Waals surface area contributed by atoms with E-state index < -0.39 is 11.7 Å². The molecule has 2 rings (SSSR count). The predicted octanol–water partition coefficient (Wildman–Crippen LogP) is 4.02. The minimum absolute atomic E-state index is 0.494. The molecule has 0 amide bonds. The second-order valence-corrected chi connectivity index (χ2v) is 4.06. The summed E-state index contributed by atoms with van der Waals surface area (Å²) in [6.07, 6.45) is -4.32. The second kappa shape index (κ2) is 3.83. The maximum absolute atomic E-state index is 12.5. The van der Waals surface area contributed by atoms with Crippen LogP contribution in [0.3, 0.4) is 0 Å². The molecule has 0 aliphatic rings. The molecule has 0 bridgehead atoms. The maximum atomic E-state index is 12.5. The van der Waals surface area contributed by atoms with Crippen molar-refractivity contribution in [2.45, 2.75) is 6.18 Å². The summed E-state index contributed by atoms with van der Waals surface area (Å²) in [6.45, 7) is 0. The van der Waals surface area contributed by atoms with Gasteiger partial charge in [0.15, 0.2) is 0 Å². The van der Waals surface area contributed by atoms with Gasteiger partial charge in [-0.1, -0.05) is 12.1 Å². The smallest absolute Gasteiger partial charge is 0.398 e. The molecule has 2 N–H and O–H groups in total. The molecule has 0 aliphatic carbocycles. The molecule has 0 saturated carbocycles. The quantitative estimate of drug-likeness (QED) is 0.804. The molecule has 0 spiro atoms. The molecule has 1 heterocycles. The Morgan fingerprint density at radius 3 is 2.44 bits per heavy atom. The summed E-state index contributed by atoms with van der Waals surface area (Å²) in [7, 11) is 0. The standard InChI is InChI=1S/C11H8F3NS/c12-11(13,14)8-3-1-2-7(4-8)9-5-16-6-10(9)15/h1-6H,15H2. The van der Waals surface area contributed by atoms with Gasteiger partial charge in [-0.2, -0.15) is 13.2 Å². The van der Waals surface area contributed by atoms with E-state index in [0.29, 0.717) is 16.8 Å². The second-order valence-electron chi connectivity index (χ2n) is 3.32. The Balaban J connectivity index is 2.49. The van der Waals surface area contributed by atoms with Gasteiger partial charge in [0.1, 0.15) is 0 Å². The molecule has 1 nitrogen and oxygen atoms in total. The first-order valence-corrected chi connectivity index (χ1v) is 5.42. The van der Waals surface area contributed by atoms with E-state index in [1.54, 1.807) is 16.8 Å². The molecule has 1 aromatic heterocycles. The van der Waals surface area contributed by atoms with Gasteiger partial charge in [0, 0.05) is 16.3 Å². The maximum Gasteiger partial charge on any atom is 0.416 e. The minimum atomic E-state index is -4.32. The molecule has 0 atom stereocenters. The fourth-order valence-corrected chi connectivity index (χ4v) is 2.15. The summed E-state index contributed by atoms with van der Waals surface area (Å²) in [5.74, 6) is 0. The number of hydrogen-bond acceptors (Lipinski definition) is 2. The number of nitrogens with two attached hydrogens (primary N) is 1. The summed E-state index contributed by atoms with van der Waals surface area (Å²) >= 11 is 1.37.